The molecule has 7 fully saturated rings. The van der Waals surface area contributed by atoms with Gasteiger partial charge in [-0.25, -0.2) is 24.0 Å². The summed E-state index contributed by atoms with van der Waals surface area (Å²) in [4.78, 5) is 120. The number of likely N-dealkylation sites (tertiary alicyclic amines) is 3. The van der Waals surface area contributed by atoms with Crippen LogP contribution in [0.3, 0.4) is 0 Å². The molecule has 35 heteroatoms. The molecule has 18 atom stereocenters. The SMILES string of the molecule is CC(=O)[C@@H]1OC(C)(C)O[C@H]1C(=O)ON1C(=O)CCC1=O.CN1CC[C@]23c4c5ccc(CO)c4O[C@H]2C(=O)CC[C@@]3(O)[C@H]1C5.CN1CC[C@]23c4c5ccc(CO)c4O[C@H]2C(OC(=O)[C@@H]2OC(C)(C)O[C@H]2C(=O)OC(C)(C)C)=CC[C@@]3(O)[C@H]1C5.CN1CC[C@]23c4c5ccc(CO)c4O[C@H]2C(OC(=O)[C@H](O)[C@@H](O)C(=O)O)=CC[C@@]3(O)[C@H]1C5.ClCCl. The van der Waals surface area contributed by atoms with E-state index in [0.717, 1.165) is 64.9 Å². The van der Waals surface area contributed by atoms with Crippen LogP contribution in [0.15, 0.2) is 60.1 Å². The predicted molar refractivity (Wildman–Crippen MR) is 404 cm³/mol. The molecular formula is C82H100Cl2N4O29. The fourth-order valence-corrected chi connectivity index (χ4v) is 21.1. The van der Waals surface area contributed by atoms with Crippen LogP contribution in [0.4, 0.5) is 0 Å². The molecule has 2 amide bonds. The number of alkyl halides is 2. The summed E-state index contributed by atoms with van der Waals surface area (Å²) in [6.07, 6.45) is -3.61. The van der Waals surface area contributed by atoms with Gasteiger partial charge in [-0.1, -0.05) is 36.4 Å². The fourth-order valence-electron chi connectivity index (χ4n) is 21.1. The number of amides is 2. The number of carbonyl (C=O) groups excluding carboxylic acids is 8. The molecule has 9 N–H and O–H groups in total. The molecule has 3 aromatic rings. The topological polar surface area (TPSA) is 450 Å². The van der Waals surface area contributed by atoms with Crippen LogP contribution in [0.1, 0.15) is 163 Å². The first kappa shape index (κ1) is 85.8. The number of carboxylic acids is 1. The van der Waals surface area contributed by atoms with Crippen molar-refractivity contribution in [1.82, 2.24) is 19.8 Å². The van der Waals surface area contributed by atoms with Gasteiger partial charge in [0.15, 0.2) is 78.1 Å². The molecule has 15 aliphatic rings. The summed E-state index contributed by atoms with van der Waals surface area (Å²) < 4.78 is 57.9. The minimum Gasteiger partial charge on any atom is -0.481 e. The number of esters is 3. The van der Waals surface area contributed by atoms with Crippen molar-refractivity contribution in [2.45, 2.75) is 276 Å². The number of hydrogen-bond acceptors (Lipinski definition) is 31. The van der Waals surface area contributed by atoms with Gasteiger partial charge < -0.3 is 113 Å². The summed E-state index contributed by atoms with van der Waals surface area (Å²) >= 11 is 9.53. The Kier molecular flexibility index (Phi) is 22.6. The Morgan fingerprint density at radius 2 is 0.906 bits per heavy atom. The van der Waals surface area contributed by atoms with Gasteiger partial charge in [0.25, 0.3) is 11.8 Å². The van der Waals surface area contributed by atoms with Gasteiger partial charge in [-0.2, -0.15) is 0 Å². The smallest absolute Gasteiger partial charge is 0.364 e. The number of ketones is 2. The van der Waals surface area contributed by atoms with Crippen molar-refractivity contribution >= 4 is 76.4 Å². The van der Waals surface area contributed by atoms with Gasteiger partial charge in [-0.05, 0) is 170 Å². The number of aliphatic hydroxyl groups excluding tert-OH is 5. The second kappa shape index (κ2) is 30.8. The maximum absolute atomic E-state index is 13.6. The molecule has 9 aliphatic heterocycles. The maximum Gasteiger partial charge on any atom is 0.364 e. The number of hydrogen-bond donors (Lipinski definition) is 9. The number of rotatable bonds is 13. The Labute approximate surface area is 683 Å². The molecule has 3 aromatic carbocycles. The summed E-state index contributed by atoms with van der Waals surface area (Å²) in [5, 5.41) is 94.6. The van der Waals surface area contributed by atoms with Crippen molar-refractivity contribution in [2.24, 2.45) is 0 Å². The summed E-state index contributed by atoms with van der Waals surface area (Å²) in [7, 11) is 6.03. The monoisotopic (exact) mass is 1670 g/mol. The molecule has 33 nitrogen and oxygen atoms in total. The van der Waals surface area contributed by atoms with Crippen molar-refractivity contribution in [1.29, 1.82) is 0 Å². The lowest BCUT2D eigenvalue weighted by molar-refractivity contribution is -0.208. The minimum absolute atomic E-state index is 0.00420. The fraction of sp³-hybridized carbons (Fsp3) is 0.622. The van der Waals surface area contributed by atoms with E-state index < -0.39 is 153 Å². The van der Waals surface area contributed by atoms with Crippen LogP contribution < -0.4 is 14.2 Å². The lowest BCUT2D eigenvalue weighted by atomic mass is 9.49. The van der Waals surface area contributed by atoms with Gasteiger partial charge in [-0.3, -0.25) is 19.2 Å². The summed E-state index contributed by atoms with van der Waals surface area (Å²) in [6, 6.07) is 11.2. The number of halogens is 2. The van der Waals surface area contributed by atoms with Crippen LogP contribution in [0, 0.1) is 0 Å². The summed E-state index contributed by atoms with van der Waals surface area (Å²) in [5.41, 5.74) is 1.37. The zero-order chi connectivity index (χ0) is 84.9. The highest BCUT2D eigenvalue weighted by molar-refractivity contribution is 6.40. The second-order valence-corrected chi connectivity index (χ2v) is 35.4. The first-order chi connectivity index (χ1) is 55.0. The van der Waals surface area contributed by atoms with Crippen molar-refractivity contribution in [2.75, 3.05) is 46.1 Å². The van der Waals surface area contributed by atoms with Crippen LogP contribution in [0.25, 0.3) is 0 Å². The number of aliphatic hydroxyl groups is 8. The van der Waals surface area contributed by atoms with Gasteiger partial charge in [0, 0.05) is 83.6 Å². The molecule has 0 unspecified atom stereocenters. The molecule has 6 aliphatic carbocycles. The standard InChI is InChI=1S/C29H37NO9.C22H25NO9.C18H21NO4.C12H15NO7.CH2Cl2/c1-26(2,3)39-25(33)22-21(37-27(4,5)38-22)24(32)35-17-9-10-29(34)18-13-15-7-8-16(14-31)20-19(15)28(29,23(17)36-20)11-12-30(18)6;1-23-7-6-21-14-10-2-3-11(9-24)17(14)32-18(21)12(4-5-22(21,30)13(23)8-10)31-20(29)16(26)15(25)19(27)28;1-19-7-6-17-14-10-2-3-11(9-20)15(14)23-16(17)12(21)4-5-18(17,22)13(19)8-10;1-6(14)9-10(19-12(2,3)18-9)11(17)20-13-7(15)4-5-8(13)16;2-1-3/h7-9,18,21-23,31,34H,10-14H2,1-6H3;2-4,13,15-16,18,24-26,30H,5-9H2,1H3,(H,27,28);2-3,13,16,20,22H,4-9H2,1H3;9-10H,4-5H2,1-3H3;1H2/t18-,21-,22-,23+,28+,29-;13-,15-,16-,18+,21+,22-;13-,16+,17+,18-;9-,10+;/m1110./s1. The van der Waals surface area contributed by atoms with Crippen LogP contribution in [-0.2, 0) is 136 Å². The average molecular weight is 1680 g/mol. The van der Waals surface area contributed by atoms with Crippen LogP contribution in [0.2, 0.25) is 0 Å². The van der Waals surface area contributed by atoms with E-state index in [1.54, 1.807) is 60.6 Å². The van der Waals surface area contributed by atoms with E-state index in [1.807, 2.05) is 44.4 Å². The summed E-state index contributed by atoms with van der Waals surface area (Å²) in [6.45, 7) is 14.4. The maximum atomic E-state index is 13.6. The van der Waals surface area contributed by atoms with Gasteiger partial charge in [0.1, 0.15) is 34.4 Å². The van der Waals surface area contributed by atoms with Crippen molar-refractivity contribution in [3.8, 4) is 17.2 Å². The molecule has 6 bridgehead atoms. The Bertz CT molecular complexity index is 4640. The molecule has 117 heavy (non-hydrogen) atoms. The van der Waals surface area contributed by atoms with E-state index in [1.165, 1.54) is 13.0 Å². The third kappa shape index (κ3) is 13.6. The number of likely N-dealkylation sites (N-methyl/N-ethyl adjacent to an activating group) is 3. The molecular weight excluding hydrogens is 1580 g/mol. The van der Waals surface area contributed by atoms with Gasteiger partial charge in [0.2, 0.25) is 0 Å². The Morgan fingerprint density at radius 1 is 0.530 bits per heavy atom. The Hall–Kier alpha value is -7.65. The van der Waals surface area contributed by atoms with Crippen molar-refractivity contribution in [3.05, 3.63) is 110 Å². The molecule has 1 saturated carbocycles. The molecule has 6 saturated heterocycles. The molecule has 0 aromatic heterocycles. The zero-order valence-corrected chi connectivity index (χ0v) is 68.2. The number of carbonyl (C=O) groups is 9. The lowest BCUT2D eigenvalue weighted by Crippen LogP contribution is -2.76. The largest absolute Gasteiger partial charge is 0.481 e. The van der Waals surface area contributed by atoms with E-state index in [9.17, 15) is 84.0 Å². The number of aliphatic carboxylic acids is 1. The first-order valence-electron chi connectivity index (χ1n) is 39.2. The highest BCUT2D eigenvalue weighted by Crippen LogP contribution is 2.68. The Balaban J connectivity index is 0.000000131. The number of hydroxylamine groups is 2. The van der Waals surface area contributed by atoms with E-state index in [2.05, 4.69) is 21.7 Å². The van der Waals surface area contributed by atoms with E-state index in [4.69, 9.17) is 80.5 Å². The van der Waals surface area contributed by atoms with E-state index >= 15 is 0 Å². The average Bonchev–Trinajstić information content (AvgIpc) is 1.55. The van der Waals surface area contributed by atoms with E-state index in [0.29, 0.717) is 78.5 Å². The third-order valence-electron chi connectivity index (χ3n) is 26.2. The highest BCUT2D eigenvalue weighted by atomic mass is 35.5. The number of benzene rings is 3. The number of carboxylic acid groups (broad SMARTS) is 1. The lowest BCUT2D eigenvalue weighted by Gasteiger charge is -2.62. The molecule has 636 valence electrons. The van der Waals surface area contributed by atoms with E-state index in [-0.39, 0.29) is 86.3 Å². The molecule has 9 heterocycles. The summed E-state index contributed by atoms with van der Waals surface area (Å²) in [5.74, 6) is -7.45. The van der Waals surface area contributed by atoms with Gasteiger partial charge in [-0.15, -0.1) is 28.3 Å². The Morgan fingerprint density at radius 3 is 1.31 bits per heavy atom. The highest BCUT2D eigenvalue weighted by Gasteiger charge is 2.76. The molecule has 3 spiro atoms. The number of nitrogens with zero attached hydrogens (tertiary/aromatic N) is 4. The first-order valence-corrected chi connectivity index (χ1v) is 40.2. The quantitative estimate of drug-likeness (QED) is 0.0513. The number of imide groups is 1. The van der Waals surface area contributed by atoms with Gasteiger partial charge in [0.05, 0.1) is 58.2 Å². The zero-order valence-electron chi connectivity index (χ0n) is 66.7. The van der Waals surface area contributed by atoms with Crippen molar-refractivity contribution < 1.29 is 141 Å². The van der Waals surface area contributed by atoms with Crippen LogP contribution >= 0.6 is 23.2 Å². The third-order valence-corrected chi connectivity index (χ3v) is 26.2. The minimum atomic E-state index is -2.33. The normalized spacial score (nSPS) is 34.4. The molecule has 18 rings (SSSR count). The number of piperidine rings is 3. The molecule has 0 radical (unpaired) electrons. The number of ether oxygens (including phenoxy) is 10. The predicted octanol–water partition coefficient (Wildman–Crippen LogP) is 2.32. The van der Waals surface area contributed by atoms with Gasteiger partial charge >= 0.3 is 29.8 Å². The number of Topliss-reactive ketones (excluding diaryl/α,β-unsaturated/α-hetero) is 2. The second-order valence-electron chi connectivity index (χ2n) is 34.6. The van der Waals surface area contributed by atoms with Crippen molar-refractivity contribution in [3.63, 3.8) is 0 Å². The van der Waals surface area contributed by atoms with Crippen LogP contribution in [-0.4, -0.2) is 272 Å². The van der Waals surface area contributed by atoms with Crippen LogP contribution in [0.5, 0.6) is 17.2 Å².